The molecule has 0 amide bonds. The second kappa shape index (κ2) is 4.23. The highest BCUT2D eigenvalue weighted by Crippen LogP contribution is 2.17. The van der Waals surface area contributed by atoms with E-state index >= 15 is 0 Å². The van der Waals surface area contributed by atoms with Crippen molar-refractivity contribution >= 4 is 0 Å². The largest absolute Gasteiger partial charge is 0.311 e. The molecule has 0 fully saturated rings. The lowest BCUT2D eigenvalue weighted by atomic mass is 10.1. The summed E-state index contributed by atoms with van der Waals surface area (Å²) in [4.78, 5) is 0. The van der Waals surface area contributed by atoms with Gasteiger partial charge in [0.25, 0.3) is 0 Å². The molecule has 1 aromatic heterocycles. The van der Waals surface area contributed by atoms with E-state index in [0.717, 1.165) is 12.1 Å². The fourth-order valence-electron chi connectivity index (χ4n) is 1.32. The molecule has 0 aliphatic rings. The van der Waals surface area contributed by atoms with E-state index in [2.05, 4.69) is 17.0 Å². The third-order valence-corrected chi connectivity index (χ3v) is 1.99. The van der Waals surface area contributed by atoms with Gasteiger partial charge in [0.15, 0.2) is 0 Å². The minimum Gasteiger partial charge on any atom is -0.311 e. The molecule has 0 radical (unpaired) electrons. The van der Waals surface area contributed by atoms with E-state index in [1.54, 1.807) is 0 Å². The zero-order valence-corrected chi connectivity index (χ0v) is 8.54. The van der Waals surface area contributed by atoms with Gasteiger partial charge in [0.2, 0.25) is 0 Å². The zero-order valence-electron chi connectivity index (χ0n) is 8.54. The average Bonchev–Trinajstić information content (AvgIpc) is 2.47. The lowest BCUT2D eigenvalue weighted by molar-refractivity contribution is 0.561. The van der Waals surface area contributed by atoms with E-state index in [4.69, 9.17) is 0 Å². The van der Waals surface area contributed by atoms with Crippen LogP contribution in [0.3, 0.4) is 0 Å². The molecule has 13 heavy (non-hydrogen) atoms. The topological polar surface area (TPSA) is 29.9 Å². The van der Waals surface area contributed by atoms with Crippen LogP contribution in [0.2, 0.25) is 0 Å². The Morgan fingerprint density at radius 1 is 1.77 bits per heavy atom. The minimum absolute atomic E-state index is 0.290. The molecule has 3 heteroatoms. The van der Waals surface area contributed by atoms with Crippen molar-refractivity contribution in [2.24, 2.45) is 7.05 Å². The zero-order chi connectivity index (χ0) is 9.84. The van der Waals surface area contributed by atoms with Gasteiger partial charge < -0.3 is 5.32 Å². The summed E-state index contributed by atoms with van der Waals surface area (Å²) in [6, 6.07) is 2.32. The van der Waals surface area contributed by atoms with E-state index in [-0.39, 0.29) is 0 Å². The van der Waals surface area contributed by atoms with Crippen molar-refractivity contribution in [3.8, 4) is 0 Å². The van der Waals surface area contributed by atoms with Gasteiger partial charge in [-0.05, 0) is 26.5 Å². The summed E-state index contributed by atoms with van der Waals surface area (Å²) in [6.45, 7) is 5.94. The predicted octanol–water partition coefficient (Wildman–Crippen LogP) is 1.65. The number of aryl methyl sites for hydroxylation is 1. The molecular weight excluding hydrogens is 162 g/mol. The third-order valence-electron chi connectivity index (χ3n) is 1.99. The van der Waals surface area contributed by atoms with Gasteiger partial charge >= 0.3 is 0 Å². The van der Waals surface area contributed by atoms with Crippen LogP contribution in [-0.4, -0.2) is 16.8 Å². The number of aromatic nitrogens is 2. The number of nitrogens with one attached hydrogen (secondary N) is 1. The first kappa shape index (κ1) is 9.99. The maximum Gasteiger partial charge on any atom is 0.0797 e. The Kier molecular flexibility index (Phi) is 3.25. The Morgan fingerprint density at radius 2 is 2.46 bits per heavy atom. The molecule has 0 bridgehead atoms. The fourth-order valence-corrected chi connectivity index (χ4v) is 1.32. The molecule has 0 aliphatic heterocycles. The highest BCUT2D eigenvalue weighted by atomic mass is 15.3. The molecule has 1 unspecified atom stereocenters. The van der Waals surface area contributed by atoms with Crippen molar-refractivity contribution in [3.05, 3.63) is 30.1 Å². The van der Waals surface area contributed by atoms with Crippen molar-refractivity contribution < 1.29 is 0 Å². The van der Waals surface area contributed by atoms with E-state index in [1.807, 2.05) is 38.0 Å². The monoisotopic (exact) mass is 179 g/mol. The first-order valence-electron chi connectivity index (χ1n) is 4.44. The van der Waals surface area contributed by atoms with Gasteiger partial charge in [0.05, 0.1) is 11.7 Å². The van der Waals surface area contributed by atoms with Crippen molar-refractivity contribution in [3.63, 3.8) is 0 Å². The van der Waals surface area contributed by atoms with E-state index in [0.29, 0.717) is 6.04 Å². The van der Waals surface area contributed by atoms with Gasteiger partial charge in [-0.2, -0.15) is 5.10 Å². The molecule has 1 atom stereocenters. The van der Waals surface area contributed by atoms with E-state index in [1.165, 1.54) is 5.57 Å². The van der Waals surface area contributed by atoms with Crippen molar-refractivity contribution in [2.45, 2.75) is 19.4 Å². The standard InChI is InChI=1S/C10H17N3/c1-8(2)7-10(11-3)9-5-6-13(4)12-9/h5-6,10-11H,1,7H2,2-4H3. The molecule has 0 saturated carbocycles. The second-order valence-corrected chi connectivity index (χ2v) is 3.42. The molecule has 0 aromatic carbocycles. The summed E-state index contributed by atoms with van der Waals surface area (Å²) in [5, 5.41) is 7.57. The molecule has 0 saturated heterocycles. The van der Waals surface area contributed by atoms with Crippen LogP contribution in [0.4, 0.5) is 0 Å². The van der Waals surface area contributed by atoms with Crippen molar-refractivity contribution in [1.29, 1.82) is 0 Å². The number of hydrogen-bond donors (Lipinski definition) is 1. The van der Waals surface area contributed by atoms with Gasteiger partial charge in [-0.15, -0.1) is 6.58 Å². The molecule has 0 spiro atoms. The second-order valence-electron chi connectivity index (χ2n) is 3.42. The lowest BCUT2D eigenvalue weighted by Crippen LogP contribution is -2.17. The Balaban J connectivity index is 2.72. The van der Waals surface area contributed by atoms with Crippen LogP contribution < -0.4 is 5.32 Å². The van der Waals surface area contributed by atoms with Gasteiger partial charge in [0, 0.05) is 13.2 Å². The van der Waals surface area contributed by atoms with Crippen molar-refractivity contribution in [1.82, 2.24) is 15.1 Å². The van der Waals surface area contributed by atoms with Crippen LogP contribution in [0.5, 0.6) is 0 Å². The summed E-state index contributed by atoms with van der Waals surface area (Å²) in [5.41, 5.74) is 2.25. The highest BCUT2D eigenvalue weighted by molar-refractivity contribution is 5.09. The van der Waals surface area contributed by atoms with Crippen LogP contribution in [0, 0.1) is 0 Å². The maximum absolute atomic E-state index is 4.35. The fraction of sp³-hybridized carbons (Fsp3) is 0.500. The molecule has 72 valence electrons. The summed E-state index contributed by atoms with van der Waals surface area (Å²) < 4.78 is 1.82. The van der Waals surface area contributed by atoms with Gasteiger partial charge in [0.1, 0.15) is 0 Å². The van der Waals surface area contributed by atoms with Crippen LogP contribution in [0.15, 0.2) is 24.4 Å². The van der Waals surface area contributed by atoms with Gasteiger partial charge in [-0.25, -0.2) is 0 Å². The molecular formula is C10H17N3. The van der Waals surface area contributed by atoms with Gasteiger partial charge in [-0.1, -0.05) is 5.57 Å². The molecule has 1 N–H and O–H groups in total. The molecule has 1 aromatic rings. The Labute approximate surface area is 79.5 Å². The Morgan fingerprint density at radius 3 is 2.85 bits per heavy atom. The van der Waals surface area contributed by atoms with E-state index in [9.17, 15) is 0 Å². The van der Waals surface area contributed by atoms with Crippen LogP contribution in [0.25, 0.3) is 0 Å². The maximum atomic E-state index is 4.35. The molecule has 3 nitrogen and oxygen atoms in total. The minimum atomic E-state index is 0.290. The smallest absolute Gasteiger partial charge is 0.0797 e. The summed E-state index contributed by atoms with van der Waals surface area (Å²) in [7, 11) is 3.87. The first-order chi connectivity index (χ1) is 6.13. The molecule has 1 rings (SSSR count). The van der Waals surface area contributed by atoms with E-state index < -0.39 is 0 Å². The number of nitrogens with zero attached hydrogens (tertiary/aromatic N) is 2. The quantitative estimate of drug-likeness (QED) is 0.712. The van der Waals surface area contributed by atoms with Crippen LogP contribution >= 0.6 is 0 Å². The average molecular weight is 179 g/mol. The normalized spacial score (nSPS) is 12.8. The Hall–Kier alpha value is -1.09. The summed E-state index contributed by atoms with van der Waals surface area (Å²) in [6.07, 6.45) is 2.89. The molecule has 0 aliphatic carbocycles. The number of hydrogen-bond acceptors (Lipinski definition) is 2. The summed E-state index contributed by atoms with van der Waals surface area (Å²) in [5.74, 6) is 0. The van der Waals surface area contributed by atoms with Crippen LogP contribution in [0.1, 0.15) is 25.1 Å². The summed E-state index contributed by atoms with van der Waals surface area (Å²) >= 11 is 0. The van der Waals surface area contributed by atoms with Gasteiger partial charge in [-0.3, -0.25) is 4.68 Å². The first-order valence-corrected chi connectivity index (χ1v) is 4.44. The lowest BCUT2D eigenvalue weighted by Gasteiger charge is -2.12. The number of rotatable bonds is 4. The molecule has 1 heterocycles. The predicted molar refractivity (Wildman–Crippen MR) is 54.4 cm³/mol. The SMILES string of the molecule is C=C(C)CC(NC)c1ccn(C)n1. The Bertz CT molecular complexity index is 288. The van der Waals surface area contributed by atoms with Crippen LogP contribution in [-0.2, 0) is 7.05 Å². The third kappa shape index (κ3) is 2.70. The highest BCUT2D eigenvalue weighted by Gasteiger charge is 2.11. The van der Waals surface area contributed by atoms with Crippen molar-refractivity contribution in [2.75, 3.05) is 7.05 Å².